The van der Waals surface area contributed by atoms with Crippen molar-refractivity contribution < 1.29 is 9.53 Å². The minimum Gasteiger partial charge on any atom is -0.465 e. The molecule has 108 valence electrons. The van der Waals surface area contributed by atoms with Crippen molar-refractivity contribution >= 4 is 17.6 Å². The van der Waals surface area contributed by atoms with E-state index in [1.807, 2.05) is 20.8 Å². The van der Waals surface area contributed by atoms with Crippen molar-refractivity contribution in [3.05, 3.63) is 16.9 Å². The molecule has 1 aromatic rings. The van der Waals surface area contributed by atoms with Gasteiger partial charge in [-0.1, -0.05) is 11.6 Å². The van der Waals surface area contributed by atoms with E-state index in [4.69, 9.17) is 16.3 Å². The monoisotopic (exact) mass is 287 g/mol. The van der Waals surface area contributed by atoms with Crippen LogP contribution in [0.4, 0.5) is 0 Å². The molecule has 0 saturated carbocycles. The highest BCUT2D eigenvalue weighted by atomic mass is 35.5. The quantitative estimate of drug-likeness (QED) is 0.781. The van der Waals surface area contributed by atoms with E-state index >= 15 is 0 Å². The zero-order valence-corrected chi connectivity index (χ0v) is 12.8. The second-order valence-electron chi connectivity index (χ2n) is 4.73. The average molecular weight is 288 g/mol. The van der Waals surface area contributed by atoms with E-state index in [2.05, 4.69) is 10.4 Å². The number of rotatable bonds is 7. The highest BCUT2D eigenvalue weighted by molar-refractivity contribution is 6.31. The molecule has 1 aromatic heterocycles. The third kappa shape index (κ3) is 4.21. The van der Waals surface area contributed by atoms with Crippen molar-refractivity contribution in [2.45, 2.75) is 45.7 Å². The molecule has 1 N–H and O–H groups in total. The van der Waals surface area contributed by atoms with Gasteiger partial charge in [0.25, 0.3) is 0 Å². The van der Waals surface area contributed by atoms with Crippen LogP contribution in [0.2, 0.25) is 5.02 Å². The van der Waals surface area contributed by atoms with Gasteiger partial charge in [-0.15, -0.1) is 0 Å². The van der Waals surface area contributed by atoms with E-state index in [9.17, 15) is 4.79 Å². The smallest absolute Gasteiger partial charge is 0.326 e. The fraction of sp³-hybridized carbons (Fsp3) is 0.692. The average Bonchev–Trinajstić information content (AvgIpc) is 2.68. The standard InChI is InChI=1S/C13H22ClN3O2/c1-5-19-12(18)13(3,15-4)7-6-8-17-9-11(14)10(2)16-17/h9,15H,5-8H2,1-4H3. The van der Waals surface area contributed by atoms with Crippen molar-refractivity contribution in [3.8, 4) is 0 Å². The Kier molecular flexibility index (Phi) is 5.82. The molecule has 0 aliphatic heterocycles. The van der Waals surface area contributed by atoms with Gasteiger partial charge in [0.05, 0.1) is 17.3 Å². The van der Waals surface area contributed by atoms with Gasteiger partial charge in [0.1, 0.15) is 5.54 Å². The lowest BCUT2D eigenvalue weighted by Gasteiger charge is -2.26. The first-order chi connectivity index (χ1) is 8.92. The summed E-state index contributed by atoms with van der Waals surface area (Å²) in [5.74, 6) is -0.216. The van der Waals surface area contributed by atoms with Gasteiger partial charge >= 0.3 is 5.97 Å². The van der Waals surface area contributed by atoms with Crippen LogP contribution in [-0.2, 0) is 16.1 Å². The van der Waals surface area contributed by atoms with Crippen LogP contribution in [0.1, 0.15) is 32.4 Å². The molecule has 1 atom stereocenters. The summed E-state index contributed by atoms with van der Waals surface area (Å²) in [6.45, 7) is 6.65. The second kappa shape index (κ2) is 6.91. The molecule has 19 heavy (non-hydrogen) atoms. The summed E-state index contributed by atoms with van der Waals surface area (Å²) in [4.78, 5) is 11.9. The summed E-state index contributed by atoms with van der Waals surface area (Å²) in [5, 5.41) is 7.99. The minimum atomic E-state index is -0.651. The first-order valence-corrected chi connectivity index (χ1v) is 6.86. The Hall–Kier alpha value is -1.07. The molecule has 0 aliphatic carbocycles. The third-order valence-corrected chi connectivity index (χ3v) is 3.60. The van der Waals surface area contributed by atoms with Crippen LogP contribution < -0.4 is 5.32 Å². The fourth-order valence-corrected chi connectivity index (χ4v) is 1.97. The largest absolute Gasteiger partial charge is 0.465 e. The number of aryl methyl sites for hydroxylation is 2. The molecule has 0 spiro atoms. The van der Waals surface area contributed by atoms with Gasteiger partial charge in [-0.2, -0.15) is 5.10 Å². The van der Waals surface area contributed by atoms with Crippen LogP contribution in [0, 0.1) is 6.92 Å². The Balaban J connectivity index is 2.51. The molecule has 1 rings (SSSR count). The zero-order chi connectivity index (χ0) is 14.5. The number of carbonyl (C=O) groups excluding carboxylic acids is 1. The van der Waals surface area contributed by atoms with Gasteiger partial charge in [0, 0.05) is 12.7 Å². The first kappa shape index (κ1) is 16.0. The second-order valence-corrected chi connectivity index (χ2v) is 5.14. The molecule has 0 aliphatic rings. The van der Waals surface area contributed by atoms with Crippen molar-refractivity contribution in [3.63, 3.8) is 0 Å². The number of ether oxygens (including phenoxy) is 1. The van der Waals surface area contributed by atoms with E-state index in [1.165, 1.54) is 0 Å². The van der Waals surface area contributed by atoms with Crippen molar-refractivity contribution in [1.82, 2.24) is 15.1 Å². The van der Waals surface area contributed by atoms with E-state index in [0.29, 0.717) is 18.1 Å². The van der Waals surface area contributed by atoms with Crippen LogP contribution in [0.5, 0.6) is 0 Å². The highest BCUT2D eigenvalue weighted by Gasteiger charge is 2.32. The number of nitrogens with one attached hydrogen (secondary N) is 1. The summed E-state index contributed by atoms with van der Waals surface area (Å²) in [6, 6.07) is 0. The summed E-state index contributed by atoms with van der Waals surface area (Å²) in [5.41, 5.74) is 0.172. The SMILES string of the molecule is CCOC(=O)C(C)(CCCn1cc(Cl)c(C)n1)NC. The summed E-state index contributed by atoms with van der Waals surface area (Å²) in [6.07, 6.45) is 3.30. The molecule has 0 bridgehead atoms. The van der Waals surface area contributed by atoms with E-state index in [0.717, 1.165) is 18.7 Å². The normalized spacial score (nSPS) is 14.2. The molecule has 0 saturated heterocycles. The molecule has 1 unspecified atom stereocenters. The van der Waals surface area contributed by atoms with Crippen LogP contribution in [0.15, 0.2) is 6.20 Å². The lowest BCUT2D eigenvalue weighted by Crippen LogP contribution is -2.48. The number of nitrogens with zero attached hydrogens (tertiary/aromatic N) is 2. The Morgan fingerprint density at radius 1 is 1.63 bits per heavy atom. The Bertz CT molecular complexity index is 414. The molecule has 0 amide bonds. The van der Waals surface area contributed by atoms with E-state index in [1.54, 1.807) is 17.9 Å². The number of halogens is 1. The molecule has 6 heteroatoms. The predicted molar refractivity (Wildman–Crippen MR) is 75.3 cm³/mol. The van der Waals surface area contributed by atoms with Crippen LogP contribution >= 0.6 is 11.6 Å². The number of likely N-dealkylation sites (N-methyl/N-ethyl adjacent to an activating group) is 1. The summed E-state index contributed by atoms with van der Waals surface area (Å²) < 4.78 is 6.88. The van der Waals surface area contributed by atoms with Crippen molar-refractivity contribution in [1.29, 1.82) is 0 Å². The minimum absolute atomic E-state index is 0.216. The molecule has 0 radical (unpaired) electrons. The number of carbonyl (C=O) groups is 1. The van der Waals surface area contributed by atoms with E-state index < -0.39 is 5.54 Å². The van der Waals surface area contributed by atoms with Gasteiger partial charge < -0.3 is 10.1 Å². The van der Waals surface area contributed by atoms with Crippen LogP contribution in [0.3, 0.4) is 0 Å². The molecule has 5 nitrogen and oxygen atoms in total. The lowest BCUT2D eigenvalue weighted by molar-refractivity contribution is -0.150. The maximum atomic E-state index is 11.9. The Morgan fingerprint density at radius 3 is 2.79 bits per heavy atom. The first-order valence-electron chi connectivity index (χ1n) is 6.48. The fourth-order valence-electron chi connectivity index (χ4n) is 1.82. The number of hydrogen-bond donors (Lipinski definition) is 1. The Labute approximate surface area is 119 Å². The number of esters is 1. The molecule has 1 heterocycles. The molecule has 0 fully saturated rings. The molecular formula is C13H22ClN3O2. The van der Waals surface area contributed by atoms with E-state index in [-0.39, 0.29) is 5.97 Å². The van der Waals surface area contributed by atoms with Gasteiger partial charge in [-0.05, 0) is 40.7 Å². The lowest BCUT2D eigenvalue weighted by atomic mass is 9.96. The van der Waals surface area contributed by atoms with Gasteiger partial charge in [0.2, 0.25) is 0 Å². The molecule has 0 aromatic carbocycles. The maximum Gasteiger partial charge on any atom is 0.326 e. The van der Waals surface area contributed by atoms with Gasteiger partial charge in [-0.3, -0.25) is 9.48 Å². The van der Waals surface area contributed by atoms with Crippen LogP contribution in [0.25, 0.3) is 0 Å². The van der Waals surface area contributed by atoms with Gasteiger partial charge in [-0.25, -0.2) is 0 Å². The topological polar surface area (TPSA) is 56.2 Å². The number of aromatic nitrogens is 2. The predicted octanol–water partition coefficient (Wildman–Crippen LogP) is 2.17. The zero-order valence-electron chi connectivity index (χ0n) is 12.0. The highest BCUT2D eigenvalue weighted by Crippen LogP contribution is 2.16. The maximum absolute atomic E-state index is 11.9. The van der Waals surface area contributed by atoms with Crippen molar-refractivity contribution in [2.24, 2.45) is 0 Å². The third-order valence-electron chi connectivity index (χ3n) is 3.23. The Morgan fingerprint density at radius 2 is 2.32 bits per heavy atom. The van der Waals surface area contributed by atoms with Crippen LogP contribution in [-0.4, -0.2) is 34.9 Å². The van der Waals surface area contributed by atoms with Crippen molar-refractivity contribution in [2.75, 3.05) is 13.7 Å². The van der Waals surface area contributed by atoms with Gasteiger partial charge in [0.15, 0.2) is 0 Å². The summed E-state index contributed by atoms with van der Waals surface area (Å²) in [7, 11) is 1.77. The molecular weight excluding hydrogens is 266 g/mol. The summed E-state index contributed by atoms with van der Waals surface area (Å²) >= 11 is 5.95. The number of hydrogen-bond acceptors (Lipinski definition) is 4.